The summed E-state index contributed by atoms with van der Waals surface area (Å²) in [6.07, 6.45) is 9.22. The van der Waals surface area contributed by atoms with E-state index in [2.05, 4.69) is 20.1 Å². The zero-order valence-electron chi connectivity index (χ0n) is 35.0. The van der Waals surface area contributed by atoms with Crippen LogP contribution in [0.4, 0.5) is 0 Å². The van der Waals surface area contributed by atoms with E-state index >= 15 is 0 Å². The predicted molar refractivity (Wildman–Crippen MR) is 217 cm³/mol. The predicted octanol–water partition coefficient (Wildman–Crippen LogP) is 5.00. The highest BCUT2D eigenvalue weighted by molar-refractivity contribution is 8.28. The zero-order chi connectivity index (χ0) is 40.5. The van der Waals surface area contributed by atoms with E-state index in [0.717, 1.165) is 56.1 Å². The topological polar surface area (TPSA) is 156 Å². The van der Waals surface area contributed by atoms with E-state index in [-0.39, 0.29) is 128 Å². The molecule has 10 rings (SSSR count). The first kappa shape index (κ1) is 42.3. The minimum Gasteiger partial charge on any atom is -0.378 e. The van der Waals surface area contributed by atoms with Gasteiger partial charge in [-0.2, -0.15) is 0 Å². The number of carbonyl (C=O) groups is 1. The van der Waals surface area contributed by atoms with Crippen LogP contribution in [-0.2, 0) is 52.2 Å². The Morgan fingerprint density at radius 1 is 0.828 bits per heavy atom. The van der Waals surface area contributed by atoms with E-state index in [1.54, 1.807) is 7.11 Å². The lowest BCUT2D eigenvalue weighted by atomic mass is 9.81. The summed E-state index contributed by atoms with van der Waals surface area (Å²) in [5, 5.41) is 0. The van der Waals surface area contributed by atoms with Gasteiger partial charge in [0.15, 0.2) is 5.79 Å². The number of methoxy groups -OCH3 is 1. The third kappa shape index (κ3) is 8.55. The van der Waals surface area contributed by atoms with Crippen molar-refractivity contribution in [1.29, 1.82) is 0 Å². The van der Waals surface area contributed by atoms with Crippen LogP contribution in [0.3, 0.4) is 0 Å². The first-order valence-electron chi connectivity index (χ1n) is 22.2. The Morgan fingerprint density at radius 3 is 2.36 bits per heavy atom. The van der Waals surface area contributed by atoms with Crippen LogP contribution in [0.5, 0.6) is 0 Å². The number of hydrogen-bond donors (Lipinski definition) is 2. The van der Waals surface area contributed by atoms with Gasteiger partial charge in [0, 0.05) is 63.9 Å². The van der Waals surface area contributed by atoms with Gasteiger partial charge >= 0.3 is 0 Å². The molecule has 0 aromatic carbocycles. The molecular formula is C44H69NO12S. The van der Waals surface area contributed by atoms with Gasteiger partial charge in [0.1, 0.15) is 36.3 Å². The van der Waals surface area contributed by atoms with Gasteiger partial charge in [0.2, 0.25) is 0 Å². The van der Waals surface area contributed by atoms with Crippen molar-refractivity contribution in [1.82, 2.24) is 0 Å². The number of ether oxygens (including phenoxy) is 10. The molecule has 58 heavy (non-hydrogen) atoms. The quantitative estimate of drug-likeness (QED) is 0.316. The number of hydrogen-bond acceptors (Lipinski definition) is 13. The molecule has 328 valence electrons. The maximum absolute atomic E-state index is 14.3. The molecule has 0 aromatic rings. The molecule has 10 aliphatic rings. The van der Waals surface area contributed by atoms with Crippen molar-refractivity contribution in [3.63, 3.8) is 0 Å². The number of ketones is 1. The monoisotopic (exact) mass is 835 g/mol. The molecule has 1 spiro atoms. The summed E-state index contributed by atoms with van der Waals surface area (Å²) in [5.74, 6) is -0.0415. The van der Waals surface area contributed by atoms with E-state index in [0.29, 0.717) is 44.6 Å². The molecule has 0 radical (unpaired) electrons. The van der Waals surface area contributed by atoms with Crippen LogP contribution in [0.2, 0.25) is 0 Å². The van der Waals surface area contributed by atoms with Crippen molar-refractivity contribution < 1.29 is 56.7 Å². The highest BCUT2D eigenvalue weighted by Gasteiger charge is 2.68. The fraction of sp³-hybridized carbons (Fsp3) is 0.886. The maximum atomic E-state index is 14.3. The van der Waals surface area contributed by atoms with Crippen molar-refractivity contribution in [3.8, 4) is 0 Å². The van der Waals surface area contributed by atoms with Crippen LogP contribution in [-0.4, -0.2) is 152 Å². The van der Waals surface area contributed by atoms with Crippen molar-refractivity contribution in [2.24, 2.45) is 17.6 Å². The van der Waals surface area contributed by atoms with Crippen molar-refractivity contribution >= 4 is 16.1 Å². The molecule has 14 heteroatoms. The summed E-state index contributed by atoms with van der Waals surface area (Å²) in [6.45, 7) is 11.9. The second-order valence-electron chi connectivity index (χ2n) is 19.4. The Labute approximate surface area is 346 Å². The van der Waals surface area contributed by atoms with Gasteiger partial charge in [-0.3, -0.25) is 4.79 Å². The molecule has 0 amide bonds. The lowest BCUT2D eigenvalue weighted by Crippen LogP contribution is -2.61. The maximum Gasteiger partial charge on any atom is 0.172 e. The fourth-order valence-electron chi connectivity index (χ4n) is 11.8. The lowest BCUT2D eigenvalue weighted by molar-refractivity contribution is -0.292. The Kier molecular flexibility index (Phi) is 12.4. The molecule has 1 unspecified atom stereocenters. The molecular weight excluding hydrogens is 767 g/mol. The molecule has 0 aromatic heterocycles. The highest BCUT2D eigenvalue weighted by Crippen LogP contribution is 2.54. The summed E-state index contributed by atoms with van der Waals surface area (Å²) >= 11 is 0. The van der Waals surface area contributed by atoms with Crippen LogP contribution in [0.1, 0.15) is 90.4 Å². The van der Waals surface area contributed by atoms with Gasteiger partial charge in [-0.15, -0.1) is 10.3 Å². The van der Waals surface area contributed by atoms with Crippen molar-refractivity contribution in [3.05, 3.63) is 24.3 Å². The Bertz CT molecular complexity index is 1530. The molecule has 10 aliphatic heterocycles. The lowest BCUT2D eigenvalue weighted by Gasteiger charge is -2.47. The molecule has 10 fully saturated rings. The van der Waals surface area contributed by atoms with Gasteiger partial charge in [-0.1, -0.05) is 20.1 Å². The average molecular weight is 836 g/mol. The van der Waals surface area contributed by atoms with Gasteiger partial charge < -0.3 is 57.7 Å². The minimum absolute atomic E-state index is 0.0217. The third-order valence-electron chi connectivity index (χ3n) is 14.9. The van der Waals surface area contributed by atoms with Gasteiger partial charge in [0.05, 0.1) is 73.8 Å². The van der Waals surface area contributed by atoms with Crippen molar-refractivity contribution in [2.45, 2.75) is 194 Å². The summed E-state index contributed by atoms with van der Waals surface area (Å²) < 4.78 is 77.3. The van der Waals surface area contributed by atoms with Gasteiger partial charge in [-0.05, 0) is 74.5 Å². The molecule has 12 bridgehead atoms. The summed E-state index contributed by atoms with van der Waals surface area (Å²) in [6, 6.07) is 0. The second-order valence-corrected chi connectivity index (χ2v) is 22.8. The highest BCUT2D eigenvalue weighted by atomic mass is 32.3. The number of fused-ring (bicyclic) bond motifs is 6. The largest absolute Gasteiger partial charge is 0.378 e. The Hall–Kier alpha value is -0.980. The molecule has 3 N–H and O–H groups in total. The first-order chi connectivity index (χ1) is 27.8. The average Bonchev–Trinajstić information content (AvgIpc) is 3.85. The molecule has 0 saturated carbocycles. The Morgan fingerprint density at radius 2 is 1.57 bits per heavy atom. The summed E-state index contributed by atoms with van der Waals surface area (Å²) in [7, 11) is -0.00159. The SMILES string of the molecule is C=C1C[C@@H]2CC[C@@]34C[C@H]5O[C@@H]6[C@@H](O3)[C@H]3O[C@H](CC[C@@H]3O[C@H]6C5O4)CC(=O)C[C@@H]3[C@@H](OC)[C@@H](C[C@@H](CN)OCCS(C)(C)O)O[C@H]3C[C@H]3O[C@@H](CC[C@@H]1O2)C[C@@H](C)C3=C. The molecule has 13 nitrogen and oxygen atoms in total. The summed E-state index contributed by atoms with van der Waals surface area (Å²) in [4.78, 5) is 14.3. The second kappa shape index (κ2) is 17.0. The van der Waals surface area contributed by atoms with Crippen LogP contribution < -0.4 is 5.73 Å². The number of nitrogens with two attached hydrogens (primary N) is 1. The standard InChI is InChI=1S/C44H69NO12S/c1-23-15-27-7-9-32-24(2)16-29(50-32)11-12-44-21-37-40(56-44)41-42(55-37)43(57-44)39-33(54-41)10-8-28(52-39)17-26(46)18-31-35(20-34(51-27)25(23)3)53-36(38(31)48-4)19-30(22-45)49-13-14-58(5,6)47/h23,27-43,47H,2-3,7-22,45H2,1,4-6H3/t23-,27+,28-,29+,30+,31+,32+,33+,34-,35+,36-,37-,38-,39+,40?,41+,42+,43+,44+/m1/s1. The zero-order valence-corrected chi connectivity index (χ0v) is 35.9. The van der Waals surface area contributed by atoms with Crippen LogP contribution >= 0.6 is 10.3 Å². The van der Waals surface area contributed by atoms with E-state index in [9.17, 15) is 9.35 Å². The van der Waals surface area contributed by atoms with Crippen molar-refractivity contribution in [2.75, 3.05) is 38.5 Å². The van der Waals surface area contributed by atoms with E-state index in [1.165, 1.54) is 0 Å². The molecule has 10 saturated heterocycles. The normalized spacial score (nSPS) is 48.8. The smallest absolute Gasteiger partial charge is 0.172 e. The number of carbonyl (C=O) groups excluding carboxylic acids is 1. The molecule has 19 atom stereocenters. The number of rotatable bonds is 8. The molecule has 0 aliphatic carbocycles. The fourth-order valence-corrected chi connectivity index (χ4v) is 12.3. The minimum atomic E-state index is -1.70. The van der Waals surface area contributed by atoms with E-state index < -0.39 is 16.1 Å². The Balaban J connectivity index is 0.970. The van der Waals surface area contributed by atoms with Gasteiger partial charge in [0.25, 0.3) is 0 Å². The van der Waals surface area contributed by atoms with E-state index in [4.69, 9.17) is 53.1 Å². The third-order valence-corrected chi connectivity index (χ3v) is 16.1. The van der Waals surface area contributed by atoms with Crippen LogP contribution in [0, 0.1) is 11.8 Å². The number of Topliss-reactive ketones (excluding diaryl/α,β-unsaturated/α-hetero) is 1. The van der Waals surface area contributed by atoms with Crippen LogP contribution in [0.25, 0.3) is 0 Å². The summed E-state index contributed by atoms with van der Waals surface area (Å²) in [5.41, 5.74) is 8.44. The molecule has 10 heterocycles. The van der Waals surface area contributed by atoms with Crippen LogP contribution in [0.15, 0.2) is 24.3 Å². The first-order valence-corrected chi connectivity index (χ1v) is 24.8. The van der Waals surface area contributed by atoms with Gasteiger partial charge in [-0.25, -0.2) is 0 Å². The van der Waals surface area contributed by atoms with E-state index in [1.807, 2.05) is 12.5 Å².